The molecule has 0 radical (unpaired) electrons. The second-order valence-electron chi connectivity index (χ2n) is 4.86. The van der Waals surface area contributed by atoms with Crippen LogP contribution in [0.3, 0.4) is 0 Å². The van der Waals surface area contributed by atoms with E-state index in [1.165, 1.54) is 6.07 Å². The average molecular weight is 238 g/mol. The van der Waals surface area contributed by atoms with Crippen molar-refractivity contribution in [3.8, 4) is 0 Å². The molecular weight excluding hydrogens is 219 g/mol. The first-order chi connectivity index (χ1) is 7.74. The van der Waals surface area contributed by atoms with E-state index in [1.54, 1.807) is 26.8 Å². The van der Waals surface area contributed by atoms with Crippen LogP contribution in [0.15, 0.2) is 18.2 Å². The fourth-order valence-corrected chi connectivity index (χ4v) is 1.57. The third-order valence-electron chi connectivity index (χ3n) is 2.89. The molecule has 1 amide bonds. The van der Waals surface area contributed by atoms with Crippen molar-refractivity contribution in [1.29, 1.82) is 0 Å². The maximum atomic E-state index is 13.4. The second kappa shape index (κ2) is 4.84. The van der Waals surface area contributed by atoms with Crippen molar-refractivity contribution < 1.29 is 9.18 Å². The maximum Gasteiger partial charge on any atom is 0.237 e. The van der Waals surface area contributed by atoms with Gasteiger partial charge in [-0.15, -0.1) is 0 Å². The first-order valence-electron chi connectivity index (χ1n) is 5.57. The molecule has 17 heavy (non-hydrogen) atoms. The number of benzene rings is 1. The van der Waals surface area contributed by atoms with E-state index in [0.29, 0.717) is 5.56 Å². The summed E-state index contributed by atoms with van der Waals surface area (Å²) in [7, 11) is 0. The minimum Gasteiger partial charge on any atom is -0.368 e. The fraction of sp³-hybridized carbons (Fsp3) is 0.462. The summed E-state index contributed by atoms with van der Waals surface area (Å²) in [5.74, 6) is -0.676. The van der Waals surface area contributed by atoms with Crippen LogP contribution in [-0.2, 0) is 4.79 Å². The van der Waals surface area contributed by atoms with E-state index >= 15 is 0 Å². The Hall–Kier alpha value is -1.42. The minimum absolute atomic E-state index is 0.146. The van der Waals surface area contributed by atoms with Crippen LogP contribution in [0, 0.1) is 12.7 Å². The van der Waals surface area contributed by atoms with E-state index in [1.807, 2.05) is 13.0 Å². The van der Waals surface area contributed by atoms with Crippen LogP contribution in [0.5, 0.6) is 0 Å². The molecule has 0 aliphatic carbocycles. The van der Waals surface area contributed by atoms with E-state index in [9.17, 15) is 9.18 Å². The molecule has 1 aromatic carbocycles. The van der Waals surface area contributed by atoms with Crippen LogP contribution >= 0.6 is 0 Å². The van der Waals surface area contributed by atoms with Crippen LogP contribution in [0.1, 0.15) is 37.9 Å². The molecule has 0 spiro atoms. The largest absolute Gasteiger partial charge is 0.368 e. The van der Waals surface area contributed by atoms with Gasteiger partial charge in [0, 0.05) is 6.04 Å². The second-order valence-corrected chi connectivity index (χ2v) is 4.86. The number of hydrogen-bond acceptors (Lipinski definition) is 2. The number of nitrogens with two attached hydrogens (primary N) is 1. The number of carbonyl (C=O) groups is 1. The van der Waals surface area contributed by atoms with Crippen molar-refractivity contribution in [1.82, 2.24) is 5.32 Å². The van der Waals surface area contributed by atoms with Gasteiger partial charge in [-0.05, 0) is 44.9 Å². The van der Waals surface area contributed by atoms with E-state index in [-0.39, 0.29) is 11.9 Å². The van der Waals surface area contributed by atoms with Gasteiger partial charge in [-0.25, -0.2) is 4.39 Å². The number of rotatable bonds is 4. The highest BCUT2D eigenvalue weighted by Gasteiger charge is 2.26. The Morgan fingerprint density at radius 3 is 2.53 bits per heavy atom. The highest BCUT2D eigenvalue weighted by atomic mass is 19.1. The average Bonchev–Trinajstić information content (AvgIpc) is 2.21. The van der Waals surface area contributed by atoms with Gasteiger partial charge in [0.05, 0.1) is 5.54 Å². The fourth-order valence-electron chi connectivity index (χ4n) is 1.57. The molecule has 0 aliphatic heterocycles. The van der Waals surface area contributed by atoms with Crippen LogP contribution in [0.25, 0.3) is 0 Å². The topological polar surface area (TPSA) is 55.1 Å². The number of primary amides is 1. The molecule has 94 valence electrons. The maximum absolute atomic E-state index is 13.4. The van der Waals surface area contributed by atoms with Gasteiger partial charge in [0.1, 0.15) is 5.82 Å². The van der Waals surface area contributed by atoms with Gasteiger partial charge in [-0.2, -0.15) is 0 Å². The van der Waals surface area contributed by atoms with Crippen LogP contribution in [-0.4, -0.2) is 11.4 Å². The zero-order valence-corrected chi connectivity index (χ0v) is 10.7. The van der Waals surface area contributed by atoms with Crippen molar-refractivity contribution in [3.63, 3.8) is 0 Å². The first kappa shape index (κ1) is 13.6. The molecule has 0 aliphatic rings. The summed E-state index contributed by atoms with van der Waals surface area (Å²) in [6, 6.07) is 4.89. The van der Waals surface area contributed by atoms with Gasteiger partial charge in [-0.3, -0.25) is 10.1 Å². The zero-order valence-electron chi connectivity index (χ0n) is 10.7. The molecular formula is C13H19FN2O. The van der Waals surface area contributed by atoms with Crippen LogP contribution in [0.4, 0.5) is 4.39 Å². The highest BCUT2D eigenvalue weighted by Crippen LogP contribution is 2.19. The third kappa shape index (κ3) is 3.27. The Morgan fingerprint density at radius 1 is 1.47 bits per heavy atom. The lowest BCUT2D eigenvalue weighted by atomic mass is 9.99. The smallest absolute Gasteiger partial charge is 0.237 e. The van der Waals surface area contributed by atoms with Gasteiger partial charge < -0.3 is 5.73 Å². The summed E-state index contributed by atoms with van der Waals surface area (Å²) in [6.45, 7) is 6.99. The summed E-state index contributed by atoms with van der Waals surface area (Å²) in [5.41, 5.74) is 5.86. The SMILES string of the molecule is Cc1ccc(C(C)NC(C)(C)C(N)=O)cc1F. The lowest BCUT2D eigenvalue weighted by Gasteiger charge is -2.27. The molecule has 0 aromatic heterocycles. The van der Waals surface area contributed by atoms with E-state index in [0.717, 1.165) is 5.56 Å². The predicted octanol–water partition coefficient (Wildman–Crippen LogP) is 2.05. The Labute approximate surface area is 101 Å². The van der Waals surface area contributed by atoms with E-state index < -0.39 is 11.4 Å². The summed E-state index contributed by atoms with van der Waals surface area (Å²) < 4.78 is 13.4. The van der Waals surface area contributed by atoms with Gasteiger partial charge in [0.15, 0.2) is 0 Å². The molecule has 0 bridgehead atoms. The Kier molecular flexibility index (Phi) is 3.88. The van der Waals surface area contributed by atoms with Crippen molar-refractivity contribution >= 4 is 5.91 Å². The summed E-state index contributed by atoms with van der Waals surface area (Å²) in [4.78, 5) is 11.2. The molecule has 1 unspecified atom stereocenters. The molecule has 3 N–H and O–H groups in total. The van der Waals surface area contributed by atoms with Crippen molar-refractivity contribution in [2.45, 2.75) is 39.3 Å². The standard InChI is InChI=1S/C13H19FN2O/c1-8-5-6-10(7-11(8)14)9(2)16-13(3,4)12(15)17/h5-7,9,16H,1-4H3,(H2,15,17). The van der Waals surface area contributed by atoms with E-state index in [2.05, 4.69) is 5.32 Å². The third-order valence-corrected chi connectivity index (χ3v) is 2.89. The van der Waals surface area contributed by atoms with Gasteiger partial charge in [0.25, 0.3) is 0 Å². The molecule has 1 atom stereocenters. The molecule has 0 saturated carbocycles. The highest BCUT2D eigenvalue weighted by molar-refractivity contribution is 5.83. The van der Waals surface area contributed by atoms with Crippen LogP contribution in [0.2, 0.25) is 0 Å². The summed E-state index contributed by atoms with van der Waals surface area (Å²) in [5, 5.41) is 3.08. The molecule has 3 nitrogen and oxygen atoms in total. The lowest BCUT2D eigenvalue weighted by Crippen LogP contribution is -2.51. The number of carbonyl (C=O) groups excluding carboxylic acids is 1. The van der Waals surface area contributed by atoms with Gasteiger partial charge >= 0.3 is 0 Å². The molecule has 0 heterocycles. The first-order valence-corrected chi connectivity index (χ1v) is 5.57. The number of halogens is 1. The van der Waals surface area contributed by atoms with Crippen molar-refractivity contribution in [2.75, 3.05) is 0 Å². The quantitative estimate of drug-likeness (QED) is 0.843. The van der Waals surface area contributed by atoms with Crippen molar-refractivity contribution in [3.05, 3.63) is 35.1 Å². The normalized spacial score (nSPS) is 13.5. The van der Waals surface area contributed by atoms with Crippen LogP contribution < -0.4 is 11.1 Å². The minimum atomic E-state index is -0.819. The number of nitrogens with one attached hydrogen (secondary N) is 1. The molecule has 4 heteroatoms. The Morgan fingerprint density at radius 2 is 2.06 bits per heavy atom. The predicted molar refractivity (Wildman–Crippen MR) is 66.0 cm³/mol. The molecule has 1 aromatic rings. The summed E-state index contributed by atoms with van der Waals surface area (Å²) >= 11 is 0. The van der Waals surface area contributed by atoms with Gasteiger partial charge in [-0.1, -0.05) is 12.1 Å². The molecule has 1 rings (SSSR count). The number of amides is 1. The number of aryl methyl sites for hydroxylation is 1. The monoisotopic (exact) mass is 238 g/mol. The Bertz CT molecular complexity index is 429. The van der Waals surface area contributed by atoms with Crippen molar-refractivity contribution in [2.24, 2.45) is 5.73 Å². The van der Waals surface area contributed by atoms with E-state index in [4.69, 9.17) is 5.73 Å². The lowest BCUT2D eigenvalue weighted by molar-refractivity contribution is -0.123. The summed E-state index contributed by atoms with van der Waals surface area (Å²) in [6.07, 6.45) is 0. The molecule has 0 saturated heterocycles. The zero-order chi connectivity index (χ0) is 13.2. The van der Waals surface area contributed by atoms with Gasteiger partial charge in [0.2, 0.25) is 5.91 Å². The molecule has 0 fully saturated rings. The number of hydrogen-bond donors (Lipinski definition) is 2. The Balaban J connectivity index is 2.87.